The summed E-state index contributed by atoms with van der Waals surface area (Å²) in [5.74, 6) is 0.824. The van der Waals surface area contributed by atoms with Gasteiger partial charge in [0.05, 0.1) is 31.3 Å². The maximum atomic E-state index is 6.31. The molecule has 2 fully saturated rings. The molecule has 2 heteroatoms. The van der Waals surface area contributed by atoms with E-state index in [-0.39, 0.29) is 5.60 Å². The molecule has 2 rings (SSSR count). The summed E-state index contributed by atoms with van der Waals surface area (Å²) in [5.41, 5.74) is 0.0856. The van der Waals surface area contributed by atoms with Crippen LogP contribution in [-0.4, -0.2) is 31.3 Å². The van der Waals surface area contributed by atoms with E-state index in [1.807, 2.05) is 4.90 Å². The zero-order valence-corrected chi connectivity index (χ0v) is 13.3. The van der Waals surface area contributed by atoms with Crippen molar-refractivity contribution in [3.8, 4) is 0 Å². The molecule has 112 valence electrons. The average molecular weight is 268 g/mol. The van der Waals surface area contributed by atoms with Gasteiger partial charge in [0.15, 0.2) is 0 Å². The molecule has 0 saturated carbocycles. The van der Waals surface area contributed by atoms with Crippen LogP contribution in [0.3, 0.4) is 0 Å². The molecule has 0 amide bonds. The lowest BCUT2D eigenvalue weighted by Crippen LogP contribution is -3.18. The first-order chi connectivity index (χ1) is 9.12. The summed E-state index contributed by atoms with van der Waals surface area (Å²) in [6.45, 7) is 10.7. The molecule has 0 spiro atoms. The molecular formula is C17H34NO+. The quantitative estimate of drug-likeness (QED) is 0.782. The van der Waals surface area contributed by atoms with Crippen LogP contribution in [-0.2, 0) is 4.74 Å². The van der Waals surface area contributed by atoms with E-state index >= 15 is 0 Å². The minimum Gasteiger partial charge on any atom is -0.375 e. The number of nitrogens with one attached hydrogen (secondary N) is 1. The topological polar surface area (TPSA) is 13.7 Å². The predicted octanol–water partition coefficient (Wildman–Crippen LogP) is 2.82. The Morgan fingerprint density at radius 2 is 1.89 bits per heavy atom. The molecular weight excluding hydrogens is 234 g/mol. The fraction of sp³-hybridized carbons (Fsp3) is 1.00. The van der Waals surface area contributed by atoms with Crippen molar-refractivity contribution in [2.45, 2.75) is 83.8 Å². The molecule has 2 aliphatic heterocycles. The minimum atomic E-state index is 0.0856. The van der Waals surface area contributed by atoms with E-state index in [1.54, 1.807) is 0 Å². The summed E-state index contributed by atoms with van der Waals surface area (Å²) in [5, 5.41) is 0. The number of unbranched alkanes of at least 4 members (excludes halogenated alkanes) is 1. The van der Waals surface area contributed by atoms with Crippen molar-refractivity contribution in [1.29, 1.82) is 0 Å². The van der Waals surface area contributed by atoms with E-state index in [4.69, 9.17) is 4.74 Å². The van der Waals surface area contributed by atoms with Crippen LogP contribution in [0.5, 0.6) is 0 Å². The number of hydrogen-bond acceptors (Lipinski definition) is 1. The second-order valence-corrected chi connectivity index (χ2v) is 7.34. The average Bonchev–Trinajstić information content (AvgIpc) is 2.43. The summed E-state index contributed by atoms with van der Waals surface area (Å²) >= 11 is 0. The molecule has 19 heavy (non-hydrogen) atoms. The lowest BCUT2D eigenvalue weighted by Gasteiger charge is -2.42. The van der Waals surface area contributed by atoms with Gasteiger partial charge in [-0.2, -0.15) is 0 Å². The van der Waals surface area contributed by atoms with Crippen molar-refractivity contribution in [1.82, 2.24) is 0 Å². The van der Waals surface area contributed by atoms with Crippen LogP contribution >= 0.6 is 0 Å². The maximum absolute atomic E-state index is 6.31. The van der Waals surface area contributed by atoms with Crippen LogP contribution in [0.2, 0.25) is 0 Å². The highest BCUT2D eigenvalue weighted by molar-refractivity contribution is 4.77. The van der Waals surface area contributed by atoms with Gasteiger partial charge in [0.1, 0.15) is 0 Å². The monoisotopic (exact) mass is 268 g/mol. The normalized spacial score (nSPS) is 32.1. The summed E-state index contributed by atoms with van der Waals surface area (Å²) in [7, 11) is 0. The van der Waals surface area contributed by atoms with Crippen molar-refractivity contribution in [3.05, 3.63) is 0 Å². The van der Waals surface area contributed by atoms with E-state index in [1.165, 1.54) is 64.5 Å². The lowest BCUT2D eigenvalue weighted by molar-refractivity contribution is -0.940. The second-order valence-electron chi connectivity index (χ2n) is 7.34. The predicted molar refractivity (Wildman–Crippen MR) is 80.6 cm³/mol. The van der Waals surface area contributed by atoms with Crippen LogP contribution < -0.4 is 4.90 Å². The van der Waals surface area contributed by atoms with Gasteiger partial charge >= 0.3 is 0 Å². The van der Waals surface area contributed by atoms with Gasteiger partial charge in [-0.05, 0) is 52.4 Å². The highest BCUT2D eigenvalue weighted by Crippen LogP contribution is 2.24. The van der Waals surface area contributed by atoms with Crippen LogP contribution in [0.1, 0.15) is 72.1 Å². The van der Waals surface area contributed by atoms with Crippen molar-refractivity contribution >= 4 is 0 Å². The number of rotatable bonds is 6. The summed E-state index contributed by atoms with van der Waals surface area (Å²) in [6.07, 6.45) is 10.9. The number of fused-ring (bicyclic) bond motifs is 1. The third-order valence-corrected chi connectivity index (χ3v) is 5.25. The maximum Gasteiger partial charge on any atom is 0.0925 e. The van der Waals surface area contributed by atoms with E-state index in [0.29, 0.717) is 0 Å². The largest absolute Gasteiger partial charge is 0.375 e. The van der Waals surface area contributed by atoms with Crippen LogP contribution in [0.25, 0.3) is 0 Å². The van der Waals surface area contributed by atoms with Crippen molar-refractivity contribution < 1.29 is 9.64 Å². The smallest absolute Gasteiger partial charge is 0.0925 e. The van der Waals surface area contributed by atoms with Crippen molar-refractivity contribution in [3.63, 3.8) is 0 Å². The Hall–Kier alpha value is -0.0800. The van der Waals surface area contributed by atoms with Gasteiger partial charge < -0.3 is 9.64 Å². The molecule has 0 radical (unpaired) electrons. The Morgan fingerprint density at radius 3 is 2.68 bits per heavy atom. The first kappa shape index (κ1) is 15.3. The number of ether oxygens (including phenoxy) is 1. The van der Waals surface area contributed by atoms with Crippen LogP contribution in [0.15, 0.2) is 0 Å². The minimum absolute atomic E-state index is 0.0856. The van der Waals surface area contributed by atoms with Gasteiger partial charge in [-0.15, -0.1) is 0 Å². The van der Waals surface area contributed by atoms with Gasteiger partial charge in [0.25, 0.3) is 0 Å². The van der Waals surface area contributed by atoms with Gasteiger partial charge in [-0.1, -0.05) is 19.8 Å². The van der Waals surface area contributed by atoms with Gasteiger partial charge in [-0.3, -0.25) is 0 Å². The Bertz CT molecular complexity index is 262. The number of piperidine rings is 2. The van der Waals surface area contributed by atoms with Crippen LogP contribution in [0, 0.1) is 5.92 Å². The molecule has 2 nitrogen and oxygen atoms in total. The summed E-state index contributed by atoms with van der Waals surface area (Å²) in [6, 6.07) is 0.907. The van der Waals surface area contributed by atoms with E-state index in [9.17, 15) is 0 Å². The van der Waals surface area contributed by atoms with E-state index in [2.05, 4.69) is 20.8 Å². The molecule has 2 aliphatic rings. The van der Waals surface area contributed by atoms with Crippen molar-refractivity contribution in [2.75, 3.05) is 19.7 Å². The first-order valence-electron chi connectivity index (χ1n) is 8.61. The third kappa shape index (κ3) is 4.46. The summed E-state index contributed by atoms with van der Waals surface area (Å²) < 4.78 is 6.31. The van der Waals surface area contributed by atoms with Gasteiger partial charge in [-0.25, -0.2) is 0 Å². The molecule has 2 heterocycles. The standard InChI is InChI=1S/C17H33NO/c1-4-5-11-17(2,3)19-14-15-9-8-13-18-12-7-6-10-16(15)18/h15-16H,4-14H2,1-3H3/p+1/t15-,16+/m0/s1. The zero-order valence-electron chi connectivity index (χ0n) is 13.3. The fourth-order valence-electron chi connectivity index (χ4n) is 3.98. The molecule has 0 aliphatic carbocycles. The third-order valence-electron chi connectivity index (χ3n) is 5.25. The second kappa shape index (κ2) is 7.08. The zero-order chi connectivity index (χ0) is 13.7. The molecule has 0 aromatic rings. The Morgan fingerprint density at radius 1 is 1.11 bits per heavy atom. The van der Waals surface area contributed by atoms with Crippen LogP contribution in [0.4, 0.5) is 0 Å². The first-order valence-corrected chi connectivity index (χ1v) is 8.61. The Balaban J connectivity index is 1.80. The molecule has 1 unspecified atom stereocenters. The van der Waals surface area contributed by atoms with Crippen molar-refractivity contribution in [2.24, 2.45) is 5.92 Å². The Kier molecular flexibility index (Phi) is 5.70. The number of hydrogen-bond donors (Lipinski definition) is 1. The highest BCUT2D eigenvalue weighted by Gasteiger charge is 2.37. The molecule has 0 bridgehead atoms. The van der Waals surface area contributed by atoms with E-state index < -0.39 is 0 Å². The Labute approximate surface area is 119 Å². The fourth-order valence-corrected chi connectivity index (χ4v) is 3.98. The molecule has 2 saturated heterocycles. The SMILES string of the molecule is CCCCC(C)(C)OC[C@@H]1CCC[NH+]2CCCC[C@H]12. The highest BCUT2D eigenvalue weighted by atomic mass is 16.5. The molecule has 0 aromatic heterocycles. The molecule has 3 atom stereocenters. The number of quaternary nitrogens is 1. The lowest BCUT2D eigenvalue weighted by atomic mass is 9.84. The molecule has 0 aromatic carbocycles. The van der Waals surface area contributed by atoms with Gasteiger partial charge in [0.2, 0.25) is 0 Å². The van der Waals surface area contributed by atoms with Gasteiger partial charge in [0, 0.05) is 5.92 Å². The van der Waals surface area contributed by atoms with E-state index in [0.717, 1.165) is 18.6 Å². The summed E-state index contributed by atoms with van der Waals surface area (Å²) in [4.78, 5) is 1.89. The molecule has 1 N–H and O–H groups in total.